The third-order valence-electron chi connectivity index (χ3n) is 3.21. The summed E-state index contributed by atoms with van der Waals surface area (Å²) in [6, 6.07) is 0. The lowest BCUT2D eigenvalue weighted by atomic mass is 9.88. The second-order valence-corrected chi connectivity index (χ2v) is 5.76. The largest absolute Gasteiger partial charge is 0.444 e. The lowest BCUT2D eigenvalue weighted by Gasteiger charge is -2.49. The van der Waals surface area contributed by atoms with Crippen molar-refractivity contribution in [3.63, 3.8) is 0 Å². The van der Waals surface area contributed by atoms with Crippen LogP contribution in [0.1, 0.15) is 27.2 Å². The fraction of sp³-hybridized carbons (Fsp3) is 0.917. The second-order valence-electron chi connectivity index (χ2n) is 5.76. The fourth-order valence-corrected chi connectivity index (χ4v) is 2.41. The Balaban J connectivity index is 1.88. The Morgan fingerprint density at radius 2 is 2.06 bits per heavy atom. The van der Waals surface area contributed by atoms with Crippen LogP contribution in [0.4, 0.5) is 4.79 Å². The molecule has 1 atom stereocenters. The first kappa shape index (κ1) is 12.6. The number of ether oxygens (including phenoxy) is 3. The number of hydrogen-bond acceptors (Lipinski definition) is 4. The minimum absolute atomic E-state index is 0.0983. The minimum Gasteiger partial charge on any atom is -0.444 e. The van der Waals surface area contributed by atoms with Crippen molar-refractivity contribution in [1.29, 1.82) is 0 Å². The van der Waals surface area contributed by atoms with Gasteiger partial charge in [-0.25, -0.2) is 4.79 Å². The van der Waals surface area contributed by atoms with Crippen LogP contribution < -0.4 is 0 Å². The van der Waals surface area contributed by atoms with E-state index < -0.39 is 5.60 Å². The van der Waals surface area contributed by atoms with Gasteiger partial charge in [0, 0.05) is 7.11 Å². The molecule has 2 aliphatic heterocycles. The highest BCUT2D eigenvalue weighted by Gasteiger charge is 2.55. The Labute approximate surface area is 102 Å². The van der Waals surface area contributed by atoms with E-state index in [2.05, 4.69) is 0 Å². The maximum Gasteiger partial charge on any atom is 0.410 e. The fourth-order valence-electron chi connectivity index (χ4n) is 2.41. The summed E-state index contributed by atoms with van der Waals surface area (Å²) >= 11 is 0. The zero-order valence-electron chi connectivity index (χ0n) is 11.0. The molecular weight excluding hydrogens is 222 g/mol. The molecule has 0 aliphatic carbocycles. The molecule has 0 aromatic heterocycles. The summed E-state index contributed by atoms with van der Waals surface area (Å²) < 4.78 is 16.4. The van der Waals surface area contributed by atoms with Crippen molar-refractivity contribution in [3.05, 3.63) is 0 Å². The Kier molecular flexibility index (Phi) is 3.08. The normalized spacial score (nSPS) is 27.1. The number of carbonyl (C=O) groups excluding carboxylic acids is 1. The van der Waals surface area contributed by atoms with E-state index in [1.54, 1.807) is 12.0 Å². The van der Waals surface area contributed by atoms with E-state index in [4.69, 9.17) is 14.2 Å². The van der Waals surface area contributed by atoms with Crippen LogP contribution in [-0.2, 0) is 14.2 Å². The minimum atomic E-state index is -0.447. The highest BCUT2D eigenvalue weighted by molar-refractivity contribution is 5.69. The van der Waals surface area contributed by atoms with Crippen LogP contribution in [0.3, 0.4) is 0 Å². The molecule has 2 aliphatic rings. The van der Waals surface area contributed by atoms with E-state index in [0.717, 1.165) is 6.42 Å². The van der Waals surface area contributed by atoms with Gasteiger partial charge in [0.1, 0.15) is 11.2 Å². The molecule has 2 fully saturated rings. The van der Waals surface area contributed by atoms with E-state index in [0.29, 0.717) is 19.7 Å². The predicted octanol–water partition coefficient (Wildman–Crippen LogP) is 1.41. The first-order chi connectivity index (χ1) is 7.86. The monoisotopic (exact) mass is 243 g/mol. The Bertz CT molecular complexity index is 304. The van der Waals surface area contributed by atoms with Crippen molar-refractivity contribution < 1.29 is 19.0 Å². The lowest BCUT2D eigenvalue weighted by molar-refractivity contribution is -0.155. The van der Waals surface area contributed by atoms with Crippen LogP contribution in [0, 0.1) is 0 Å². The van der Waals surface area contributed by atoms with Crippen molar-refractivity contribution in [3.8, 4) is 0 Å². The lowest BCUT2D eigenvalue weighted by Crippen LogP contribution is -2.68. The molecule has 1 amide bonds. The quantitative estimate of drug-likeness (QED) is 0.698. The maximum atomic E-state index is 11.8. The number of rotatable bonds is 1. The topological polar surface area (TPSA) is 48.0 Å². The van der Waals surface area contributed by atoms with E-state index in [1.807, 2.05) is 20.8 Å². The summed E-state index contributed by atoms with van der Waals surface area (Å²) in [6.07, 6.45) is 0.730. The van der Waals surface area contributed by atoms with Gasteiger partial charge in [0.05, 0.1) is 25.8 Å². The van der Waals surface area contributed by atoms with Crippen molar-refractivity contribution >= 4 is 6.09 Å². The van der Waals surface area contributed by atoms with Gasteiger partial charge in [0.25, 0.3) is 0 Å². The highest BCUT2D eigenvalue weighted by atomic mass is 16.6. The number of amides is 1. The zero-order chi connectivity index (χ0) is 12.7. The number of carbonyl (C=O) groups is 1. The van der Waals surface area contributed by atoms with Crippen LogP contribution in [-0.4, -0.2) is 55.1 Å². The molecule has 98 valence electrons. The molecule has 17 heavy (non-hydrogen) atoms. The van der Waals surface area contributed by atoms with Crippen molar-refractivity contribution in [2.24, 2.45) is 0 Å². The second kappa shape index (κ2) is 4.14. The molecule has 0 aromatic carbocycles. The van der Waals surface area contributed by atoms with Crippen molar-refractivity contribution in [1.82, 2.24) is 4.90 Å². The van der Waals surface area contributed by atoms with Crippen LogP contribution in [0.2, 0.25) is 0 Å². The highest BCUT2D eigenvalue weighted by Crippen LogP contribution is 2.37. The van der Waals surface area contributed by atoms with Crippen molar-refractivity contribution in [2.45, 2.75) is 44.5 Å². The van der Waals surface area contributed by atoms with Gasteiger partial charge < -0.3 is 19.1 Å². The van der Waals surface area contributed by atoms with Gasteiger partial charge in [-0.05, 0) is 27.2 Å². The SMILES string of the molecule is COC1CCOC12CN(C(=O)OC(C)(C)C)C2. The number of nitrogens with zero attached hydrogens (tertiary/aromatic N) is 1. The van der Waals surface area contributed by atoms with E-state index in [1.165, 1.54) is 0 Å². The molecule has 2 rings (SSSR count). The molecule has 0 bridgehead atoms. The van der Waals surface area contributed by atoms with Gasteiger partial charge in [-0.3, -0.25) is 0 Å². The van der Waals surface area contributed by atoms with Gasteiger partial charge >= 0.3 is 6.09 Å². The molecule has 5 nitrogen and oxygen atoms in total. The van der Waals surface area contributed by atoms with Crippen LogP contribution in [0.15, 0.2) is 0 Å². The standard InChI is InChI=1S/C12H21NO4/c1-11(2,3)17-10(14)13-7-12(8-13)9(15-4)5-6-16-12/h9H,5-8H2,1-4H3. The summed E-state index contributed by atoms with van der Waals surface area (Å²) in [4.78, 5) is 13.5. The Hall–Kier alpha value is -0.810. The van der Waals surface area contributed by atoms with Crippen LogP contribution in [0.25, 0.3) is 0 Å². The molecular formula is C12H21NO4. The van der Waals surface area contributed by atoms with Gasteiger partial charge in [0.2, 0.25) is 0 Å². The summed E-state index contributed by atoms with van der Waals surface area (Å²) in [6.45, 7) is 7.45. The van der Waals surface area contributed by atoms with Gasteiger partial charge in [0.15, 0.2) is 0 Å². The summed E-state index contributed by atoms with van der Waals surface area (Å²) in [5.41, 5.74) is -0.733. The molecule has 0 radical (unpaired) electrons. The predicted molar refractivity (Wildman–Crippen MR) is 61.9 cm³/mol. The Morgan fingerprint density at radius 3 is 2.59 bits per heavy atom. The molecule has 0 saturated carbocycles. The van der Waals surface area contributed by atoms with Gasteiger partial charge in [-0.1, -0.05) is 0 Å². The summed E-state index contributed by atoms with van der Waals surface area (Å²) in [5, 5.41) is 0. The first-order valence-corrected chi connectivity index (χ1v) is 6.01. The molecule has 1 spiro atoms. The van der Waals surface area contributed by atoms with E-state index in [9.17, 15) is 4.79 Å². The third kappa shape index (κ3) is 2.40. The Morgan fingerprint density at radius 1 is 1.41 bits per heavy atom. The van der Waals surface area contributed by atoms with Gasteiger partial charge in [-0.15, -0.1) is 0 Å². The number of methoxy groups -OCH3 is 1. The molecule has 2 heterocycles. The van der Waals surface area contributed by atoms with Crippen LogP contribution >= 0.6 is 0 Å². The molecule has 0 aromatic rings. The smallest absolute Gasteiger partial charge is 0.410 e. The average molecular weight is 243 g/mol. The molecule has 5 heteroatoms. The van der Waals surface area contributed by atoms with Gasteiger partial charge in [-0.2, -0.15) is 0 Å². The first-order valence-electron chi connectivity index (χ1n) is 6.01. The molecule has 1 unspecified atom stereocenters. The molecule has 2 saturated heterocycles. The zero-order valence-corrected chi connectivity index (χ0v) is 11.0. The van der Waals surface area contributed by atoms with Crippen LogP contribution in [0.5, 0.6) is 0 Å². The van der Waals surface area contributed by atoms with E-state index in [-0.39, 0.29) is 17.8 Å². The maximum absolute atomic E-state index is 11.8. The number of hydrogen-bond donors (Lipinski definition) is 0. The third-order valence-corrected chi connectivity index (χ3v) is 3.21. The molecule has 0 N–H and O–H groups in total. The summed E-state index contributed by atoms with van der Waals surface area (Å²) in [5.74, 6) is 0. The van der Waals surface area contributed by atoms with Crippen molar-refractivity contribution in [2.75, 3.05) is 26.8 Å². The average Bonchev–Trinajstić information content (AvgIpc) is 2.55. The van der Waals surface area contributed by atoms with E-state index >= 15 is 0 Å². The summed E-state index contributed by atoms with van der Waals surface area (Å²) in [7, 11) is 1.69. The number of likely N-dealkylation sites (tertiary alicyclic amines) is 1.